The van der Waals surface area contributed by atoms with Gasteiger partial charge in [-0.05, 0) is 24.3 Å². The summed E-state index contributed by atoms with van der Waals surface area (Å²) in [5, 5.41) is 11.1. The first-order valence-electron chi connectivity index (χ1n) is 10.8. The Morgan fingerprint density at radius 1 is 0.861 bits per heavy atom. The maximum Gasteiger partial charge on any atom is 0.279 e. The van der Waals surface area contributed by atoms with Crippen molar-refractivity contribution in [1.29, 1.82) is 0 Å². The highest BCUT2D eigenvalue weighted by molar-refractivity contribution is 6.03. The van der Waals surface area contributed by atoms with Crippen LogP contribution in [0.3, 0.4) is 0 Å². The van der Waals surface area contributed by atoms with Crippen molar-refractivity contribution in [3.63, 3.8) is 0 Å². The van der Waals surface area contributed by atoms with Crippen LogP contribution in [0.15, 0.2) is 103 Å². The van der Waals surface area contributed by atoms with Crippen molar-refractivity contribution in [2.75, 3.05) is 5.32 Å². The number of H-pyrrole nitrogens is 1. The van der Waals surface area contributed by atoms with Crippen molar-refractivity contribution in [1.82, 2.24) is 24.9 Å². The van der Waals surface area contributed by atoms with E-state index in [2.05, 4.69) is 25.5 Å². The predicted octanol–water partition coefficient (Wildman–Crippen LogP) is 4.38. The first kappa shape index (κ1) is 21.1. The molecule has 0 spiro atoms. The number of benzene rings is 1. The van der Waals surface area contributed by atoms with Gasteiger partial charge in [-0.2, -0.15) is 9.78 Å². The third-order valence-electron chi connectivity index (χ3n) is 5.23. The number of rotatable bonds is 6. The minimum absolute atomic E-state index is 0.0215. The molecular formula is C25H16N6O5. The van der Waals surface area contributed by atoms with Gasteiger partial charge in [0.15, 0.2) is 17.2 Å². The van der Waals surface area contributed by atoms with E-state index < -0.39 is 5.91 Å². The van der Waals surface area contributed by atoms with E-state index in [9.17, 15) is 9.59 Å². The van der Waals surface area contributed by atoms with Gasteiger partial charge >= 0.3 is 0 Å². The summed E-state index contributed by atoms with van der Waals surface area (Å²) in [6.45, 7) is 0. The molecule has 5 aromatic heterocycles. The molecule has 6 rings (SSSR count). The number of carbonyl (C=O) groups is 1. The summed E-state index contributed by atoms with van der Waals surface area (Å²) in [5.74, 6) is 0.966. The number of hydrogen-bond donors (Lipinski definition) is 2. The SMILES string of the molecule is O=C(Nc1cc(-c2ccco2)nn1-c1nc(-c2ccccc2)cc(=O)[nH]1)c1cc(-c2ccco2)on1. The number of carbonyl (C=O) groups excluding carboxylic acids is 1. The van der Waals surface area contributed by atoms with Gasteiger partial charge in [-0.1, -0.05) is 35.5 Å². The Hall–Kier alpha value is -5.45. The van der Waals surface area contributed by atoms with E-state index in [-0.39, 0.29) is 23.0 Å². The quantitative estimate of drug-likeness (QED) is 0.357. The van der Waals surface area contributed by atoms with Crippen LogP contribution in [-0.4, -0.2) is 30.8 Å². The predicted molar refractivity (Wildman–Crippen MR) is 127 cm³/mol. The summed E-state index contributed by atoms with van der Waals surface area (Å²) in [6, 6.07) is 20.5. The third-order valence-corrected chi connectivity index (χ3v) is 5.23. The van der Waals surface area contributed by atoms with Crippen LogP contribution in [0.4, 0.5) is 5.82 Å². The van der Waals surface area contributed by atoms with Gasteiger partial charge in [-0.15, -0.1) is 0 Å². The summed E-state index contributed by atoms with van der Waals surface area (Å²) in [5.41, 5.74) is 1.25. The van der Waals surface area contributed by atoms with Crippen molar-refractivity contribution in [3.05, 3.63) is 101 Å². The molecule has 11 heteroatoms. The first-order valence-corrected chi connectivity index (χ1v) is 10.8. The molecule has 2 N–H and O–H groups in total. The van der Waals surface area contributed by atoms with Gasteiger partial charge < -0.3 is 18.7 Å². The van der Waals surface area contributed by atoms with E-state index >= 15 is 0 Å². The number of nitrogens with zero attached hydrogens (tertiary/aromatic N) is 4. The highest BCUT2D eigenvalue weighted by Crippen LogP contribution is 2.26. The van der Waals surface area contributed by atoms with Crippen LogP contribution in [-0.2, 0) is 0 Å². The normalized spacial score (nSPS) is 11.0. The van der Waals surface area contributed by atoms with Crippen molar-refractivity contribution in [3.8, 4) is 40.2 Å². The zero-order valence-corrected chi connectivity index (χ0v) is 18.4. The number of anilines is 1. The molecule has 0 bridgehead atoms. The van der Waals surface area contributed by atoms with Crippen LogP contribution in [0.5, 0.6) is 0 Å². The number of aromatic nitrogens is 5. The average molecular weight is 480 g/mol. The molecule has 6 aromatic rings. The first-order chi connectivity index (χ1) is 17.6. The van der Waals surface area contributed by atoms with Gasteiger partial charge in [-0.25, -0.2) is 4.98 Å². The monoisotopic (exact) mass is 480 g/mol. The third kappa shape index (κ3) is 4.01. The largest absolute Gasteiger partial charge is 0.463 e. The van der Waals surface area contributed by atoms with Crippen LogP contribution in [0.25, 0.3) is 40.2 Å². The minimum atomic E-state index is -0.565. The van der Waals surface area contributed by atoms with Gasteiger partial charge in [0, 0.05) is 23.8 Å². The van der Waals surface area contributed by atoms with Gasteiger partial charge in [-0.3, -0.25) is 14.6 Å². The zero-order valence-electron chi connectivity index (χ0n) is 18.4. The highest BCUT2D eigenvalue weighted by atomic mass is 16.5. The van der Waals surface area contributed by atoms with E-state index in [0.29, 0.717) is 28.7 Å². The average Bonchev–Trinajstić information content (AvgIpc) is 3.70. The zero-order chi connectivity index (χ0) is 24.5. The summed E-state index contributed by atoms with van der Waals surface area (Å²) >= 11 is 0. The second-order valence-corrected chi connectivity index (χ2v) is 7.63. The van der Waals surface area contributed by atoms with Crippen LogP contribution in [0.2, 0.25) is 0 Å². The molecule has 36 heavy (non-hydrogen) atoms. The molecule has 0 atom stereocenters. The van der Waals surface area contributed by atoms with E-state index in [1.54, 1.807) is 30.3 Å². The second kappa shape index (κ2) is 8.72. The summed E-state index contributed by atoms with van der Waals surface area (Å²) < 4.78 is 17.3. The lowest BCUT2D eigenvalue weighted by Gasteiger charge is -2.08. The second-order valence-electron chi connectivity index (χ2n) is 7.63. The highest BCUT2D eigenvalue weighted by Gasteiger charge is 2.21. The van der Waals surface area contributed by atoms with Crippen LogP contribution >= 0.6 is 0 Å². The Balaban J connectivity index is 1.39. The number of aromatic amines is 1. The molecule has 0 aliphatic heterocycles. The Morgan fingerprint density at radius 3 is 2.39 bits per heavy atom. The number of amides is 1. The molecule has 5 heterocycles. The molecule has 0 aliphatic rings. The molecule has 0 radical (unpaired) electrons. The molecule has 0 aliphatic carbocycles. The Morgan fingerprint density at radius 2 is 1.64 bits per heavy atom. The van der Waals surface area contributed by atoms with Crippen LogP contribution in [0, 0.1) is 0 Å². The Labute approximate surface area is 202 Å². The molecule has 176 valence electrons. The van der Waals surface area contributed by atoms with Gasteiger partial charge in [0.25, 0.3) is 11.5 Å². The topological polar surface area (TPSA) is 145 Å². The molecule has 0 unspecified atom stereocenters. The Bertz CT molecular complexity index is 1700. The van der Waals surface area contributed by atoms with Crippen molar-refractivity contribution >= 4 is 11.7 Å². The molecular weight excluding hydrogens is 464 g/mol. The minimum Gasteiger partial charge on any atom is -0.463 e. The van der Waals surface area contributed by atoms with E-state index in [4.69, 9.17) is 13.4 Å². The van der Waals surface area contributed by atoms with Gasteiger partial charge in [0.2, 0.25) is 11.7 Å². The summed E-state index contributed by atoms with van der Waals surface area (Å²) in [6.07, 6.45) is 3.00. The summed E-state index contributed by atoms with van der Waals surface area (Å²) in [4.78, 5) is 32.7. The standard InChI is InChI=1S/C25H16N6O5/c32-23-14-16(15-6-2-1-3-7-15)26-25(28-23)31-22(13-17(29-31)19-8-4-10-34-19)27-24(33)18-12-21(36-30-18)20-9-5-11-35-20/h1-14H,(H,27,33)(H,26,28,32). The van der Waals surface area contributed by atoms with Crippen molar-refractivity contribution in [2.45, 2.75) is 0 Å². The fourth-order valence-corrected chi connectivity index (χ4v) is 3.58. The smallest absolute Gasteiger partial charge is 0.279 e. The number of hydrogen-bond acceptors (Lipinski definition) is 8. The maximum atomic E-state index is 13.0. The lowest BCUT2D eigenvalue weighted by molar-refractivity contribution is 0.101. The molecule has 0 saturated carbocycles. The van der Waals surface area contributed by atoms with Crippen LogP contribution < -0.4 is 10.9 Å². The molecule has 11 nitrogen and oxygen atoms in total. The van der Waals surface area contributed by atoms with Gasteiger partial charge in [0.05, 0.1) is 18.2 Å². The summed E-state index contributed by atoms with van der Waals surface area (Å²) in [7, 11) is 0. The maximum absolute atomic E-state index is 13.0. The van der Waals surface area contributed by atoms with E-state index in [0.717, 1.165) is 5.56 Å². The lowest BCUT2D eigenvalue weighted by Crippen LogP contribution is -2.19. The van der Waals surface area contributed by atoms with Crippen molar-refractivity contribution in [2.24, 2.45) is 0 Å². The molecule has 0 saturated heterocycles. The fourth-order valence-electron chi connectivity index (χ4n) is 3.58. The number of nitrogens with one attached hydrogen (secondary N) is 2. The molecule has 1 amide bonds. The molecule has 0 fully saturated rings. The van der Waals surface area contributed by atoms with Crippen LogP contribution in [0.1, 0.15) is 10.5 Å². The van der Waals surface area contributed by atoms with E-state index in [1.165, 1.54) is 29.3 Å². The number of furan rings is 2. The Kier molecular flexibility index (Phi) is 5.11. The molecule has 1 aromatic carbocycles. The lowest BCUT2D eigenvalue weighted by atomic mass is 10.1. The fraction of sp³-hybridized carbons (Fsp3) is 0. The van der Waals surface area contributed by atoms with Gasteiger partial charge in [0.1, 0.15) is 11.5 Å². The van der Waals surface area contributed by atoms with Crippen molar-refractivity contribution < 1.29 is 18.2 Å². The van der Waals surface area contributed by atoms with E-state index in [1.807, 2.05) is 30.3 Å².